The number of imidazole rings is 1. The summed E-state index contributed by atoms with van der Waals surface area (Å²) in [5.74, 6) is 5.41. The van der Waals surface area contributed by atoms with Gasteiger partial charge in [-0.2, -0.15) is 5.10 Å². The Morgan fingerprint density at radius 3 is 2.77 bits per heavy atom. The van der Waals surface area contributed by atoms with E-state index in [1.165, 1.54) is 4.52 Å². The SMILES string of the molecule is C[C@H](NC(=O)c1c(N)nc2cccnn12)c1cc2cccc(C#CCNC(=O)[C@H]3CCCO3)c2c(=O)n1-c1ccccc1. The van der Waals surface area contributed by atoms with Crippen LogP contribution in [0, 0.1) is 11.8 Å². The van der Waals surface area contributed by atoms with Gasteiger partial charge in [0.05, 0.1) is 18.0 Å². The van der Waals surface area contributed by atoms with E-state index in [1.54, 1.807) is 35.9 Å². The molecule has 0 radical (unpaired) electrons. The molecule has 0 aliphatic carbocycles. The number of para-hydroxylation sites is 1. The average Bonchev–Trinajstić information content (AvgIpc) is 3.67. The third-order valence-electron chi connectivity index (χ3n) is 7.31. The standard InChI is InChI=1S/C32H29N7O4/c1-20(36-31(41)28-29(33)37-26-15-7-17-35-39(26)28)24-19-22-10-5-9-21(11-6-16-34-30(40)25-14-8-18-43-25)27(22)32(42)38(24)23-12-3-2-4-13-23/h2-5,7,9-10,12-13,15,17,19-20,25H,8,14,16,18,33H2,1H3,(H,34,40)(H,36,41)/t20-,25+/m0/s1. The fourth-order valence-electron chi connectivity index (χ4n) is 5.27. The fraction of sp³-hybridized carbons (Fsp3) is 0.219. The third kappa shape index (κ3) is 5.43. The van der Waals surface area contributed by atoms with Crippen LogP contribution in [0.4, 0.5) is 5.82 Å². The van der Waals surface area contributed by atoms with E-state index in [0.29, 0.717) is 46.4 Å². The Kier molecular flexibility index (Phi) is 7.59. The molecule has 5 aromatic rings. The molecule has 1 aliphatic heterocycles. The number of benzene rings is 2. The van der Waals surface area contributed by atoms with E-state index >= 15 is 0 Å². The van der Waals surface area contributed by atoms with Crippen LogP contribution in [0.2, 0.25) is 0 Å². The van der Waals surface area contributed by atoms with Gasteiger partial charge in [0.25, 0.3) is 11.5 Å². The summed E-state index contributed by atoms with van der Waals surface area (Å²) in [7, 11) is 0. The van der Waals surface area contributed by atoms with Crippen molar-refractivity contribution in [3.63, 3.8) is 0 Å². The number of hydrogen-bond acceptors (Lipinski definition) is 7. The molecule has 2 atom stereocenters. The first-order valence-electron chi connectivity index (χ1n) is 13.9. The van der Waals surface area contributed by atoms with Gasteiger partial charge < -0.3 is 21.1 Å². The second-order valence-electron chi connectivity index (χ2n) is 10.2. The molecule has 0 bridgehead atoms. The smallest absolute Gasteiger partial charge is 0.274 e. The molecule has 11 nitrogen and oxygen atoms in total. The minimum Gasteiger partial charge on any atom is -0.382 e. The van der Waals surface area contributed by atoms with Gasteiger partial charge in [0.1, 0.15) is 6.10 Å². The lowest BCUT2D eigenvalue weighted by Gasteiger charge is -2.21. The van der Waals surface area contributed by atoms with Gasteiger partial charge in [-0.05, 0) is 61.5 Å². The van der Waals surface area contributed by atoms with Crippen molar-refractivity contribution in [2.75, 3.05) is 18.9 Å². The minimum atomic E-state index is -0.610. The summed E-state index contributed by atoms with van der Waals surface area (Å²) in [5, 5.41) is 11.1. The summed E-state index contributed by atoms with van der Waals surface area (Å²) >= 11 is 0. The van der Waals surface area contributed by atoms with Gasteiger partial charge in [0.15, 0.2) is 17.2 Å². The second kappa shape index (κ2) is 11.8. The van der Waals surface area contributed by atoms with E-state index in [1.807, 2.05) is 48.5 Å². The van der Waals surface area contributed by atoms with Crippen LogP contribution in [0.5, 0.6) is 0 Å². The normalized spacial score (nSPS) is 15.1. The van der Waals surface area contributed by atoms with E-state index in [2.05, 4.69) is 32.6 Å². The van der Waals surface area contributed by atoms with Gasteiger partial charge in [-0.25, -0.2) is 9.50 Å². The Labute approximate surface area is 246 Å². The van der Waals surface area contributed by atoms with E-state index in [9.17, 15) is 14.4 Å². The van der Waals surface area contributed by atoms with Gasteiger partial charge >= 0.3 is 0 Å². The number of rotatable bonds is 6. The summed E-state index contributed by atoms with van der Waals surface area (Å²) in [6, 6.07) is 19.3. The molecule has 216 valence electrons. The number of hydrogen-bond donors (Lipinski definition) is 3. The van der Waals surface area contributed by atoms with Crippen molar-refractivity contribution in [3.05, 3.63) is 100 Å². The number of nitrogens with two attached hydrogens (primary N) is 1. The Morgan fingerprint density at radius 1 is 1.14 bits per heavy atom. The number of carbonyl (C=O) groups excluding carboxylic acids is 2. The predicted octanol–water partition coefficient (Wildman–Crippen LogP) is 2.75. The van der Waals surface area contributed by atoms with Crippen LogP contribution in [-0.4, -0.2) is 50.2 Å². The topological polar surface area (TPSA) is 146 Å². The molecular formula is C32H29N7O4. The first-order chi connectivity index (χ1) is 20.9. The molecule has 3 aromatic heterocycles. The van der Waals surface area contributed by atoms with Crippen molar-refractivity contribution in [1.29, 1.82) is 0 Å². The number of nitrogens with one attached hydrogen (secondary N) is 2. The summed E-state index contributed by atoms with van der Waals surface area (Å²) < 4.78 is 8.38. The first-order valence-corrected chi connectivity index (χ1v) is 13.9. The lowest BCUT2D eigenvalue weighted by atomic mass is 10.0. The van der Waals surface area contributed by atoms with Crippen molar-refractivity contribution < 1.29 is 14.3 Å². The number of amides is 2. The summed E-state index contributed by atoms with van der Waals surface area (Å²) in [4.78, 5) is 44.1. The van der Waals surface area contributed by atoms with E-state index in [4.69, 9.17) is 10.5 Å². The Hall–Kier alpha value is -5.47. The van der Waals surface area contributed by atoms with Crippen LogP contribution in [0.3, 0.4) is 0 Å². The number of pyridine rings is 1. The maximum atomic E-state index is 14.2. The van der Waals surface area contributed by atoms with Crippen molar-refractivity contribution in [2.24, 2.45) is 0 Å². The highest BCUT2D eigenvalue weighted by Crippen LogP contribution is 2.24. The molecule has 0 spiro atoms. The summed E-state index contributed by atoms with van der Waals surface area (Å²) in [5.41, 5.74) is 8.07. The highest BCUT2D eigenvalue weighted by molar-refractivity contribution is 5.98. The molecule has 2 aromatic carbocycles. The van der Waals surface area contributed by atoms with Crippen molar-refractivity contribution >= 4 is 34.1 Å². The van der Waals surface area contributed by atoms with E-state index in [-0.39, 0.29) is 29.5 Å². The van der Waals surface area contributed by atoms with Crippen molar-refractivity contribution in [2.45, 2.75) is 31.9 Å². The highest BCUT2D eigenvalue weighted by atomic mass is 16.5. The number of nitrogen functional groups attached to an aromatic ring is 1. The number of aromatic nitrogens is 4. The Morgan fingerprint density at radius 2 is 1.98 bits per heavy atom. The molecule has 0 unspecified atom stereocenters. The maximum Gasteiger partial charge on any atom is 0.274 e. The largest absolute Gasteiger partial charge is 0.382 e. The van der Waals surface area contributed by atoms with Gasteiger partial charge in [0, 0.05) is 29.7 Å². The van der Waals surface area contributed by atoms with Crippen molar-refractivity contribution in [3.8, 4) is 17.5 Å². The highest BCUT2D eigenvalue weighted by Gasteiger charge is 2.24. The monoisotopic (exact) mass is 575 g/mol. The fourth-order valence-corrected chi connectivity index (χ4v) is 5.27. The van der Waals surface area contributed by atoms with Gasteiger partial charge in [-0.3, -0.25) is 19.0 Å². The maximum absolute atomic E-state index is 14.2. The number of nitrogens with zero attached hydrogens (tertiary/aromatic N) is 4. The quantitative estimate of drug-likeness (QED) is 0.264. The average molecular weight is 576 g/mol. The molecule has 0 saturated carbocycles. The zero-order valence-electron chi connectivity index (χ0n) is 23.4. The molecule has 2 amide bonds. The molecule has 43 heavy (non-hydrogen) atoms. The van der Waals surface area contributed by atoms with Gasteiger partial charge in [0.2, 0.25) is 5.91 Å². The molecular weight excluding hydrogens is 546 g/mol. The Bertz CT molecular complexity index is 1960. The van der Waals surface area contributed by atoms with Crippen molar-refractivity contribution in [1.82, 2.24) is 29.8 Å². The molecule has 1 fully saturated rings. The van der Waals surface area contributed by atoms with Gasteiger partial charge in [-0.1, -0.05) is 42.2 Å². The predicted molar refractivity (Wildman–Crippen MR) is 162 cm³/mol. The minimum absolute atomic E-state index is 0.0533. The Balaban J connectivity index is 1.36. The van der Waals surface area contributed by atoms with Crippen LogP contribution in [0.1, 0.15) is 47.6 Å². The molecule has 4 N–H and O–H groups in total. The number of fused-ring (bicyclic) bond motifs is 2. The number of anilines is 1. The lowest BCUT2D eigenvalue weighted by molar-refractivity contribution is -0.129. The lowest BCUT2D eigenvalue weighted by Crippen LogP contribution is -2.34. The molecule has 6 rings (SSSR count). The summed E-state index contributed by atoms with van der Waals surface area (Å²) in [6.45, 7) is 2.51. The van der Waals surface area contributed by atoms with E-state index < -0.39 is 18.1 Å². The molecule has 1 saturated heterocycles. The number of ether oxygens (including phenoxy) is 1. The van der Waals surface area contributed by atoms with Crippen LogP contribution in [0.15, 0.2) is 77.7 Å². The number of carbonyl (C=O) groups is 2. The van der Waals surface area contributed by atoms with Crippen LogP contribution >= 0.6 is 0 Å². The zero-order valence-corrected chi connectivity index (χ0v) is 23.4. The third-order valence-corrected chi connectivity index (χ3v) is 7.31. The second-order valence-corrected chi connectivity index (χ2v) is 10.2. The zero-order chi connectivity index (χ0) is 29.9. The van der Waals surface area contributed by atoms with Gasteiger partial charge in [-0.15, -0.1) is 0 Å². The molecule has 1 aliphatic rings. The van der Waals surface area contributed by atoms with Crippen LogP contribution < -0.4 is 21.9 Å². The van der Waals surface area contributed by atoms with Crippen LogP contribution in [0.25, 0.3) is 22.1 Å². The molecule has 11 heteroatoms. The van der Waals surface area contributed by atoms with E-state index in [0.717, 1.165) is 6.42 Å². The first kappa shape index (κ1) is 27.7. The molecule has 4 heterocycles. The summed E-state index contributed by atoms with van der Waals surface area (Å²) in [6.07, 6.45) is 2.68. The van der Waals surface area contributed by atoms with Crippen LogP contribution in [-0.2, 0) is 9.53 Å².